The van der Waals surface area contributed by atoms with Crippen LogP contribution < -0.4 is 0 Å². The van der Waals surface area contributed by atoms with E-state index in [1.807, 2.05) is 14.0 Å². The number of halogens is 1. The van der Waals surface area contributed by atoms with E-state index in [1.54, 1.807) is 6.92 Å². The number of aromatic nitrogens is 1. The highest BCUT2D eigenvalue weighted by Gasteiger charge is 2.33. The normalized spacial score (nSPS) is 23.4. The van der Waals surface area contributed by atoms with Gasteiger partial charge in [0.15, 0.2) is 8.68 Å². The van der Waals surface area contributed by atoms with Gasteiger partial charge in [0.2, 0.25) is 0 Å². The highest BCUT2D eigenvalue weighted by atomic mass is 35.5. The summed E-state index contributed by atoms with van der Waals surface area (Å²) in [6.45, 7) is 5.46. The average molecular weight is 310 g/mol. The van der Waals surface area contributed by atoms with Crippen molar-refractivity contribution in [1.82, 2.24) is 14.2 Å². The quantitative estimate of drug-likeness (QED) is 0.829. The van der Waals surface area contributed by atoms with Gasteiger partial charge in [-0.25, -0.2) is 13.4 Å². The molecule has 1 atom stereocenters. The maximum atomic E-state index is 12.5. The van der Waals surface area contributed by atoms with Crippen LogP contribution in [0.25, 0.3) is 0 Å². The van der Waals surface area contributed by atoms with E-state index < -0.39 is 10.0 Å². The number of sulfonamides is 1. The summed E-state index contributed by atoms with van der Waals surface area (Å²) in [5, 5.41) is 0. The van der Waals surface area contributed by atoms with Gasteiger partial charge in [-0.2, -0.15) is 4.31 Å². The van der Waals surface area contributed by atoms with Gasteiger partial charge in [-0.05, 0) is 20.9 Å². The zero-order valence-electron chi connectivity index (χ0n) is 10.6. The van der Waals surface area contributed by atoms with E-state index in [0.717, 1.165) is 17.9 Å². The predicted octanol–water partition coefficient (Wildman–Crippen LogP) is 1.43. The number of hydrogen-bond donors (Lipinski definition) is 0. The van der Waals surface area contributed by atoms with Crippen LogP contribution in [0, 0.1) is 6.92 Å². The van der Waals surface area contributed by atoms with Crippen molar-refractivity contribution < 1.29 is 8.42 Å². The summed E-state index contributed by atoms with van der Waals surface area (Å²) in [6, 6.07) is 0.220. The molecular formula is C10H16ClN3O2S2. The van der Waals surface area contributed by atoms with Crippen LogP contribution in [0.4, 0.5) is 0 Å². The van der Waals surface area contributed by atoms with Gasteiger partial charge < -0.3 is 4.90 Å². The lowest BCUT2D eigenvalue weighted by Crippen LogP contribution is -2.51. The van der Waals surface area contributed by atoms with Crippen molar-refractivity contribution in [3.8, 4) is 0 Å². The number of piperazine rings is 1. The largest absolute Gasteiger partial charge is 0.301 e. The van der Waals surface area contributed by atoms with E-state index in [0.29, 0.717) is 18.8 Å². The molecule has 1 aliphatic rings. The van der Waals surface area contributed by atoms with Crippen molar-refractivity contribution >= 4 is 33.0 Å². The van der Waals surface area contributed by atoms with Crippen molar-refractivity contribution in [3.05, 3.63) is 10.2 Å². The van der Waals surface area contributed by atoms with Gasteiger partial charge in [0.05, 0.1) is 5.69 Å². The number of nitrogens with zero attached hydrogens (tertiary/aromatic N) is 3. The van der Waals surface area contributed by atoms with Crippen LogP contribution in [-0.4, -0.2) is 55.3 Å². The first-order valence-electron chi connectivity index (χ1n) is 5.65. The molecule has 0 spiro atoms. The minimum Gasteiger partial charge on any atom is -0.301 e. The molecule has 0 aromatic carbocycles. The molecule has 0 amide bonds. The van der Waals surface area contributed by atoms with E-state index >= 15 is 0 Å². The lowest BCUT2D eigenvalue weighted by atomic mass is 10.2. The van der Waals surface area contributed by atoms with Crippen molar-refractivity contribution in [2.45, 2.75) is 24.1 Å². The van der Waals surface area contributed by atoms with Crippen LogP contribution in [-0.2, 0) is 10.0 Å². The van der Waals surface area contributed by atoms with Crippen molar-refractivity contribution in [2.75, 3.05) is 26.7 Å². The summed E-state index contributed by atoms with van der Waals surface area (Å²) in [5.41, 5.74) is 0.483. The fourth-order valence-corrected chi connectivity index (χ4v) is 5.33. The molecular weight excluding hydrogens is 294 g/mol. The Morgan fingerprint density at radius 1 is 1.44 bits per heavy atom. The van der Waals surface area contributed by atoms with Gasteiger partial charge in [0.1, 0.15) is 0 Å². The molecule has 1 fully saturated rings. The predicted molar refractivity (Wildman–Crippen MR) is 72.7 cm³/mol. The highest BCUT2D eigenvalue weighted by Crippen LogP contribution is 2.30. The monoisotopic (exact) mass is 309 g/mol. The zero-order valence-corrected chi connectivity index (χ0v) is 12.9. The van der Waals surface area contributed by atoms with Gasteiger partial charge in [0.25, 0.3) is 10.0 Å². The van der Waals surface area contributed by atoms with E-state index in [9.17, 15) is 8.42 Å². The summed E-state index contributed by atoms with van der Waals surface area (Å²) >= 11 is 6.81. The molecule has 1 aromatic rings. The van der Waals surface area contributed by atoms with Crippen molar-refractivity contribution in [2.24, 2.45) is 0 Å². The second-order valence-corrected chi connectivity index (χ2v) is 8.25. The van der Waals surface area contributed by atoms with Crippen LogP contribution in [0.1, 0.15) is 12.6 Å². The molecule has 0 bridgehead atoms. The SMILES string of the molecule is Cc1nc(Cl)sc1S(=O)(=O)N1CCN(C)C(C)C1. The van der Waals surface area contributed by atoms with Gasteiger partial charge in [-0.3, -0.25) is 0 Å². The molecule has 18 heavy (non-hydrogen) atoms. The summed E-state index contributed by atoms with van der Waals surface area (Å²) < 4.78 is 27.0. The summed E-state index contributed by atoms with van der Waals surface area (Å²) in [6.07, 6.45) is 0. The molecule has 2 rings (SSSR count). The van der Waals surface area contributed by atoms with E-state index in [2.05, 4.69) is 9.88 Å². The molecule has 102 valence electrons. The Labute approximate surface area is 116 Å². The lowest BCUT2D eigenvalue weighted by molar-refractivity contribution is 0.160. The second-order valence-electron chi connectivity index (χ2n) is 4.53. The van der Waals surface area contributed by atoms with Gasteiger partial charge >= 0.3 is 0 Å². The Hall–Kier alpha value is -0.210. The number of rotatable bonds is 2. The number of likely N-dealkylation sites (N-methyl/N-ethyl adjacent to an activating group) is 1. The Morgan fingerprint density at radius 2 is 2.11 bits per heavy atom. The van der Waals surface area contributed by atoms with E-state index in [4.69, 9.17) is 11.6 Å². The standard InChI is InChI=1S/C10H16ClN3O2S2/c1-7-6-14(5-4-13(7)3)18(15,16)9-8(2)12-10(11)17-9/h7H,4-6H2,1-3H3. The molecule has 1 aliphatic heterocycles. The Balaban J connectivity index is 2.29. The third-order valence-corrected chi connectivity index (χ3v) is 6.94. The van der Waals surface area contributed by atoms with Crippen LogP contribution in [0.5, 0.6) is 0 Å². The third-order valence-electron chi connectivity index (χ3n) is 3.22. The molecule has 1 unspecified atom stereocenters. The average Bonchev–Trinajstić information content (AvgIpc) is 2.62. The Bertz CT molecular complexity index is 543. The molecule has 8 heteroatoms. The Kier molecular flexibility index (Phi) is 3.99. The van der Waals surface area contributed by atoms with Crippen molar-refractivity contribution in [3.63, 3.8) is 0 Å². The second kappa shape index (κ2) is 5.05. The van der Waals surface area contributed by atoms with E-state index in [1.165, 1.54) is 4.31 Å². The lowest BCUT2D eigenvalue weighted by Gasteiger charge is -2.36. The molecule has 0 radical (unpaired) electrons. The van der Waals surface area contributed by atoms with Crippen LogP contribution in [0.2, 0.25) is 4.47 Å². The smallest absolute Gasteiger partial charge is 0.254 e. The maximum Gasteiger partial charge on any atom is 0.254 e. The zero-order chi connectivity index (χ0) is 13.5. The fraction of sp³-hybridized carbons (Fsp3) is 0.700. The van der Waals surface area contributed by atoms with Crippen LogP contribution in [0.15, 0.2) is 4.21 Å². The number of hydrogen-bond acceptors (Lipinski definition) is 5. The Morgan fingerprint density at radius 3 is 2.61 bits per heavy atom. The first kappa shape index (κ1) is 14.2. The van der Waals surface area contributed by atoms with Crippen LogP contribution in [0.3, 0.4) is 0 Å². The highest BCUT2D eigenvalue weighted by molar-refractivity contribution is 7.91. The molecule has 1 saturated heterocycles. The van der Waals surface area contributed by atoms with E-state index in [-0.39, 0.29) is 14.7 Å². The fourth-order valence-electron chi connectivity index (χ4n) is 1.94. The van der Waals surface area contributed by atoms with Gasteiger partial charge in [-0.15, -0.1) is 0 Å². The molecule has 0 N–H and O–H groups in total. The maximum absolute atomic E-state index is 12.5. The minimum atomic E-state index is -3.45. The number of thiazole rings is 1. The molecule has 1 aromatic heterocycles. The van der Waals surface area contributed by atoms with Gasteiger partial charge in [0, 0.05) is 25.7 Å². The summed E-state index contributed by atoms with van der Waals surface area (Å²) in [7, 11) is -1.45. The third kappa shape index (κ3) is 2.55. The minimum absolute atomic E-state index is 0.220. The molecule has 0 saturated carbocycles. The topological polar surface area (TPSA) is 53.5 Å². The van der Waals surface area contributed by atoms with Crippen molar-refractivity contribution in [1.29, 1.82) is 0 Å². The number of aryl methyl sites for hydroxylation is 1. The van der Waals surface area contributed by atoms with Gasteiger partial charge in [-0.1, -0.05) is 22.9 Å². The summed E-state index contributed by atoms with van der Waals surface area (Å²) in [4.78, 5) is 6.13. The molecule has 0 aliphatic carbocycles. The first-order valence-corrected chi connectivity index (χ1v) is 8.29. The van der Waals surface area contributed by atoms with Crippen LogP contribution >= 0.6 is 22.9 Å². The molecule has 5 nitrogen and oxygen atoms in total. The summed E-state index contributed by atoms with van der Waals surface area (Å²) in [5.74, 6) is 0. The molecule has 2 heterocycles. The first-order chi connectivity index (χ1) is 8.32.